The van der Waals surface area contributed by atoms with Crippen LogP contribution in [0.3, 0.4) is 0 Å². The summed E-state index contributed by atoms with van der Waals surface area (Å²) in [6.45, 7) is 8.78. The van der Waals surface area contributed by atoms with Crippen molar-refractivity contribution in [3.63, 3.8) is 0 Å². The van der Waals surface area contributed by atoms with Crippen molar-refractivity contribution >= 4 is 16.1 Å². The van der Waals surface area contributed by atoms with Crippen LogP contribution in [0, 0.1) is 17.8 Å². The number of nitrogens with one attached hydrogen (secondary N) is 1. The quantitative estimate of drug-likeness (QED) is 0.545. The van der Waals surface area contributed by atoms with Gasteiger partial charge in [0.15, 0.2) is 0 Å². The molecule has 10 heteroatoms. The molecule has 1 aromatic rings. The Hall–Kier alpha value is -2.32. The summed E-state index contributed by atoms with van der Waals surface area (Å²) in [6, 6.07) is 3.59. The first-order valence-corrected chi connectivity index (χ1v) is 12.5. The number of likely N-dealkylation sites (N-methyl/N-ethyl adjacent to an activating group) is 1. The molecule has 1 aliphatic heterocycles. The van der Waals surface area contributed by atoms with Crippen molar-refractivity contribution in [2.24, 2.45) is 5.92 Å². The zero-order chi connectivity index (χ0) is 24.9. The van der Waals surface area contributed by atoms with Crippen molar-refractivity contribution in [3.8, 4) is 17.6 Å². The predicted molar refractivity (Wildman–Crippen MR) is 125 cm³/mol. The minimum Gasteiger partial charge on any atom is -0.487 e. The van der Waals surface area contributed by atoms with Crippen LogP contribution < -0.4 is 10.1 Å². The molecule has 0 aromatic heterocycles. The Labute approximate surface area is 196 Å². The molecule has 0 unspecified atom stereocenters. The van der Waals surface area contributed by atoms with Crippen molar-refractivity contribution in [3.05, 3.63) is 23.8 Å². The van der Waals surface area contributed by atoms with Gasteiger partial charge in [-0.15, -0.1) is 0 Å². The molecule has 0 bridgehead atoms. The zero-order valence-corrected chi connectivity index (χ0v) is 20.9. The number of benzene rings is 1. The summed E-state index contributed by atoms with van der Waals surface area (Å²) in [6.07, 6.45) is -1.35. The average molecular weight is 482 g/mol. The highest BCUT2D eigenvalue weighted by Crippen LogP contribution is 2.34. The van der Waals surface area contributed by atoms with Crippen LogP contribution in [0.5, 0.6) is 5.75 Å². The highest BCUT2D eigenvalue weighted by Gasteiger charge is 2.38. The van der Waals surface area contributed by atoms with Gasteiger partial charge in [0.25, 0.3) is 0 Å². The molecule has 0 saturated carbocycles. The second-order valence-corrected chi connectivity index (χ2v) is 10.7. The van der Waals surface area contributed by atoms with Gasteiger partial charge in [-0.25, -0.2) is 13.2 Å². The Morgan fingerprint density at radius 1 is 1.33 bits per heavy atom. The standard InChI is InChI=1S/C23H35N3O6S/c1-15(2)24-23(29)25(6)13-21-16(3)12-26(17(4)14-27)33(30,31)22-10-9-19(8-7-18(5)28)11-20(22)32-21/h9-11,15-18,21,27-28H,12-14H2,1-6H3,(H,24,29)/t16-,17-,18+,21-/m0/s1. The first-order chi connectivity index (χ1) is 15.4. The third-order valence-electron chi connectivity index (χ3n) is 5.31. The number of fused-ring (bicyclic) bond motifs is 1. The van der Waals surface area contributed by atoms with E-state index in [1.54, 1.807) is 20.0 Å². The maximum absolute atomic E-state index is 13.4. The molecule has 0 fully saturated rings. The van der Waals surface area contributed by atoms with E-state index in [9.17, 15) is 23.4 Å². The normalized spacial score (nSPS) is 22.0. The number of nitrogens with zero attached hydrogens (tertiary/aromatic N) is 2. The van der Waals surface area contributed by atoms with E-state index in [0.29, 0.717) is 5.56 Å². The van der Waals surface area contributed by atoms with Crippen LogP contribution in [0.25, 0.3) is 0 Å². The summed E-state index contributed by atoms with van der Waals surface area (Å²) in [5.74, 6) is 5.27. The Bertz CT molecular complexity index is 999. The molecule has 4 atom stereocenters. The molecule has 0 spiro atoms. The van der Waals surface area contributed by atoms with E-state index >= 15 is 0 Å². The van der Waals surface area contributed by atoms with Crippen molar-refractivity contribution < 1.29 is 28.2 Å². The number of rotatable bonds is 5. The second-order valence-electron chi connectivity index (χ2n) is 8.83. The van der Waals surface area contributed by atoms with Gasteiger partial charge in [0, 0.05) is 37.2 Å². The molecule has 0 saturated heterocycles. The van der Waals surface area contributed by atoms with E-state index < -0.39 is 28.3 Å². The fraction of sp³-hybridized carbons (Fsp3) is 0.609. The Balaban J connectivity index is 2.53. The number of sulfonamides is 1. The van der Waals surface area contributed by atoms with Crippen LogP contribution in [0.4, 0.5) is 4.79 Å². The molecule has 0 radical (unpaired) electrons. The number of aliphatic hydroxyl groups is 2. The number of aliphatic hydroxyl groups excluding tert-OH is 2. The topological polar surface area (TPSA) is 119 Å². The molecule has 0 aliphatic carbocycles. The van der Waals surface area contributed by atoms with Crippen LogP contribution in [-0.4, -0.2) is 84.9 Å². The molecule has 1 heterocycles. The predicted octanol–water partition coefficient (Wildman–Crippen LogP) is 1.24. The molecule has 33 heavy (non-hydrogen) atoms. The molecule has 3 N–H and O–H groups in total. The summed E-state index contributed by atoms with van der Waals surface area (Å²) < 4.78 is 34.4. The van der Waals surface area contributed by atoms with E-state index in [-0.39, 0.29) is 48.3 Å². The van der Waals surface area contributed by atoms with E-state index in [1.165, 1.54) is 28.3 Å². The molecule has 9 nitrogen and oxygen atoms in total. The largest absolute Gasteiger partial charge is 0.487 e. The number of carbonyl (C=O) groups is 1. The average Bonchev–Trinajstić information content (AvgIpc) is 2.73. The number of ether oxygens (including phenoxy) is 1. The lowest BCUT2D eigenvalue weighted by Gasteiger charge is -2.37. The molecule has 1 aliphatic rings. The summed E-state index contributed by atoms with van der Waals surface area (Å²) in [7, 11) is -2.31. The SMILES string of the molecule is CC(C)NC(=O)N(C)C[C@@H]1Oc2cc(C#C[C@@H](C)O)ccc2S(=O)(=O)N([C@@H](C)CO)C[C@@H]1C. The fourth-order valence-corrected chi connectivity index (χ4v) is 5.24. The van der Waals surface area contributed by atoms with Gasteiger partial charge in [0.2, 0.25) is 10.0 Å². The fourth-order valence-electron chi connectivity index (χ4n) is 3.42. The number of urea groups is 1. The second kappa shape index (κ2) is 11.2. The van der Waals surface area contributed by atoms with E-state index in [0.717, 1.165) is 0 Å². The van der Waals surface area contributed by atoms with Gasteiger partial charge in [0.1, 0.15) is 22.9 Å². The van der Waals surface area contributed by atoms with Gasteiger partial charge < -0.3 is 25.2 Å². The van der Waals surface area contributed by atoms with Gasteiger partial charge in [-0.3, -0.25) is 0 Å². The first-order valence-electron chi connectivity index (χ1n) is 11.0. The van der Waals surface area contributed by atoms with Crippen molar-refractivity contribution in [1.29, 1.82) is 0 Å². The van der Waals surface area contributed by atoms with Crippen molar-refractivity contribution in [2.45, 2.75) is 63.8 Å². The van der Waals surface area contributed by atoms with Crippen LogP contribution in [0.1, 0.15) is 40.2 Å². The number of hydrogen-bond acceptors (Lipinski definition) is 6. The van der Waals surface area contributed by atoms with Crippen LogP contribution in [0.2, 0.25) is 0 Å². The highest BCUT2D eigenvalue weighted by atomic mass is 32.2. The third-order valence-corrected chi connectivity index (χ3v) is 7.32. The lowest BCUT2D eigenvalue weighted by atomic mass is 10.0. The first kappa shape index (κ1) is 26.9. The summed E-state index contributed by atoms with van der Waals surface area (Å²) in [4.78, 5) is 13.9. The summed E-state index contributed by atoms with van der Waals surface area (Å²) in [5, 5.41) is 22.0. The molecule has 2 amide bonds. The smallest absolute Gasteiger partial charge is 0.317 e. The molecule has 184 valence electrons. The van der Waals surface area contributed by atoms with E-state index in [1.807, 2.05) is 20.8 Å². The molecule has 1 aromatic carbocycles. The van der Waals surface area contributed by atoms with E-state index in [4.69, 9.17) is 4.74 Å². The van der Waals surface area contributed by atoms with Gasteiger partial charge in [-0.05, 0) is 45.9 Å². The van der Waals surface area contributed by atoms with Gasteiger partial charge >= 0.3 is 6.03 Å². The summed E-state index contributed by atoms with van der Waals surface area (Å²) in [5.41, 5.74) is 0.490. The van der Waals surface area contributed by atoms with Gasteiger partial charge in [-0.2, -0.15) is 4.31 Å². The zero-order valence-electron chi connectivity index (χ0n) is 20.1. The number of amides is 2. The van der Waals surface area contributed by atoms with Crippen molar-refractivity contribution in [2.75, 3.05) is 26.7 Å². The van der Waals surface area contributed by atoms with E-state index in [2.05, 4.69) is 17.2 Å². The maximum atomic E-state index is 13.4. The lowest BCUT2D eigenvalue weighted by Crippen LogP contribution is -2.51. The Morgan fingerprint density at radius 3 is 2.58 bits per heavy atom. The van der Waals surface area contributed by atoms with Crippen molar-refractivity contribution in [1.82, 2.24) is 14.5 Å². The van der Waals surface area contributed by atoms with Crippen LogP contribution in [0.15, 0.2) is 23.1 Å². The van der Waals surface area contributed by atoms with Gasteiger partial charge in [-0.1, -0.05) is 18.8 Å². The lowest BCUT2D eigenvalue weighted by molar-refractivity contribution is 0.0809. The monoisotopic (exact) mass is 481 g/mol. The molecule has 2 rings (SSSR count). The van der Waals surface area contributed by atoms with Gasteiger partial charge in [0.05, 0.1) is 13.2 Å². The summed E-state index contributed by atoms with van der Waals surface area (Å²) >= 11 is 0. The molecular weight excluding hydrogens is 446 g/mol. The molecular formula is C23H35N3O6S. The minimum absolute atomic E-state index is 0.0301. The van der Waals surface area contributed by atoms with Crippen LogP contribution in [-0.2, 0) is 10.0 Å². The highest BCUT2D eigenvalue weighted by molar-refractivity contribution is 7.89. The minimum atomic E-state index is -3.96. The maximum Gasteiger partial charge on any atom is 0.317 e. The number of carbonyl (C=O) groups excluding carboxylic acids is 1. The Kier molecular flexibility index (Phi) is 9.14. The number of hydrogen-bond donors (Lipinski definition) is 3. The van der Waals surface area contributed by atoms with Crippen LogP contribution >= 0.6 is 0 Å². The Morgan fingerprint density at radius 2 is 2.00 bits per heavy atom. The third kappa shape index (κ3) is 6.84.